The zero-order chi connectivity index (χ0) is 48.0. The van der Waals surface area contributed by atoms with Crippen molar-refractivity contribution in [1.29, 1.82) is 0 Å². The smallest absolute Gasteiger partial charge is 0.224 e. The molecular weight excluding hydrogens is 865 g/mol. The molecule has 8 aromatic carbocycles. The zero-order valence-electron chi connectivity index (χ0n) is 39.5. The van der Waals surface area contributed by atoms with E-state index in [1.165, 1.54) is 0 Å². The van der Waals surface area contributed by atoms with Crippen LogP contribution in [0.5, 0.6) is 0 Å². The molecule has 0 bridgehead atoms. The number of carbonyl (C=O) groups excluding carboxylic acids is 2. The Kier molecular flexibility index (Phi) is 17.5. The van der Waals surface area contributed by atoms with Crippen molar-refractivity contribution >= 4 is 91.4 Å². The molecule has 8 aromatic rings. The lowest BCUT2D eigenvalue weighted by molar-refractivity contribution is -0.117. The second-order valence-corrected chi connectivity index (χ2v) is 17.4. The normalized spacial score (nSPS) is 10.7. The standard InChI is InChI=1S/C60H62N8O2/c69-59(67-57-41-37-55(38-42-57)65-53-33-29-51(30-34-53)63-49-25-21-47(22-26-49)61-45-15-9-7-10-16-45)19-13-5-3-1-2-4-6-14-20-60(70)68-58-43-39-56(40-44-58)66-54-35-31-52(32-36-54)64-50-27-23-48(24-28-50)62-46-17-11-8-12-18-46/h7-12,15-18,21-44,61-66H,1-6,13-14,19-20H2,(H,67,69)(H,68,70). The van der Waals surface area contributed by atoms with Crippen LogP contribution in [-0.2, 0) is 9.59 Å². The minimum absolute atomic E-state index is 0.0442. The molecule has 0 heterocycles. The molecule has 0 fully saturated rings. The van der Waals surface area contributed by atoms with E-state index in [4.69, 9.17) is 0 Å². The van der Waals surface area contributed by atoms with Gasteiger partial charge in [-0.15, -0.1) is 0 Å². The molecule has 0 unspecified atom stereocenters. The van der Waals surface area contributed by atoms with Gasteiger partial charge >= 0.3 is 0 Å². The van der Waals surface area contributed by atoms with Crippen LogP contribution in [0.1, 0.15) is 64.2 Å². The first-order valence-corrected chi connectivity index (χ1v) is 24.4. The van der Waals surface area contributed by atoms with Gasteiger partial charge in [-0.1, -0.05) is 74.9 Å². The molecule has 0 saturated carbocycles. The third-order valence-electron chi connectivity index (χ3n) is 11.7. The van der Waals surface area contributed by atoms with E-state index in [0.29, 0.717) is 12.8 Å². The first-order valence-electron chi connectivity index (χ1n) is 24.4. The van der Waals surface area contributed by atoms with Crippen molar-refractivity contribution in [3.05, 3.63) is 206 Å². The van der Waals surface area contributed by atoms with Gasteiger partial charge in [0.05, 0.1) is 0 Å². The van der Waals surface area contributed by atoms with E-state index in [1.54, 1.807) is 0 Å². The topological polar surface area (TPSA) is 130 Å². The molecule has 8 rings (SSSR count). The number of unbranched alkanes of at least 4 members (excludes halogenated alkanes) is 7. The molecular formula is C60H62N8O2. The average Bonchev–Trinajstić information content (AvgIpc) is 3.39. The van der Waals surface area contributed by atoms with Crippen molar-refractivity contribution in [3.8, 4) is 0 Å². The summed E-state index contributed by atoms with van der Waals surface area (Å²) >= 11 is 0. The van der Waals surface area contributed by atoms with E-state index in [1.807, 2.05) is 158 Å². The first-order chi connectivity index (χ1) is 34.4. The highest BCUT2D eigenvalue weighted by Gasteiger charge is 2.07. The molecule has 10 nitrogen and oxygen atoms in total. The molecule has 2 amide bonds. The van der Waals surface area contributed by atoms with Crippen molar-refractivity contribution < 1.29 is 9.59 Å². The fourth-order valence-corrected chi connectivity index (χ4v) is 7.94. The molecule has 0 spiro atoms. The monoisotopic (exact) mass is 926 g/mol. The second kappa shape index (κ2) is 25.6. The van der Waals surface area contributed by atoms with Crippen molar-refractivity contribution in [2.45, 2.75) is 64.2 Å². The van der Waals surface area contributed by atoms with Crippen molar-refractivity contribution in [1.82, 2.24) is 0 Å². The lowest BCUT2D eigenvalue weighted by Crippen LogP contribution is -2.11. The summed E-state index contributed by atoms with van der Waals surface area (Å²) in [6, 6.07) is 68.7. The van der Waals surface area contributed by atoms with Crippen LogP contribution in [0.15, 0.2) is 206 Å². The summed E-state index contributed by atoms with van der Waals surface area (Å²) in [6.45, 7) is 0. The Morgan fingerprint density at radius 1 is 0.214 bits per heavy atom. The van der Waals surface area contributed by atoms with Gasteiger partial charge in [0.25, 0.3) is 0 Å². The Morgan fingerprint density at radius 3 is 0.600 bits per heavy atom. The summed E-state index contributed by atoms with van der Waals surface area (Å²) in [4.78, 5) is 25.2. The van der Waals surface area contributed by atoms with Gasteiger partial charge in [-0.2, -0.15) is 0 Å². The predicted octanol–water partition coefficient (Wildman–Crippen LogP) is 16.6. The third-order valence-corrected chi connectivity index (χ3v) is 11.7. The van der Waals surface area contributed by atoms with Crippen LogP contribution in [0.25, 0.3) is 0 Å². The van der Waals surface area contributed by atoms with Gasteiger partial charge in [0.1, 0.15) is 0 Å². The Morgan fingerprint density at radius 2 is 0.386 bits per heavy atom. The number of hydrogen-bond donors (Lipinski definition) is 8. The minimum Gasteiger partial charge on any atom is -0.356 e. The average molecular weight is 927 g/mol. The number of para-hydroxylation sites is 2. The Hall–Kier alpha value is -8.50. The largest absolute Gasteiger partial charge is 0.356 e. The number of carbonyl (C=O) groups is 2. The molecule has 0 radical (unpaired) electrons. The zero-order valence-corrected chi connectivity index (χ0v) is 39.5. The molecule has 354 valence electrons. The number of amides is 2. The maximum atomic E-state index is 12.6. The number of nitrogens with one attached hydrogen (secondary N) is 8. The van der Waals surface area contributed by atoms with Crippen LogP contribution < -0.4 is 42.5 Å². The van der Waals surface area contributed by atoms with Gasteiger partial charge in [-0.3, -0.25) is 9.59 Å². The fraction of sp³-hybridized carbons (Fsp3) is 0.167. The van der Waals surface area contributed by atoms with Gasteiger partial charge in [0, 0.05) is 92.5 Å². The Bertz CT molecular complexity index is 2610. The number of rotatable bonds is 25. The van der Waals surface area contributed by atoms with Crippen molar-refractivity contribution in [2.24, 2.45) is 0 Å². The number of hydrogen-bond acceptors (Lipinski definition) is 8. The SMILES string of the molecule is O=C(CCCCCCCCCCC(=O)Nc1ccc(Nc2ccc(Nc3ccc(Nc4ccccc4)cc3)cc2)cc1)Nc1ccc(Nc2ccc(Nc3ccc(Nc4ccccc4)cc3)cc2)cc1. The van der Waals surface area contributed by atoms with Crippen LogP contribution in [0, 0.1) is 0 Å². The molecule has 70 heavy (non-hydrogen) atoms. The summed E-state index contributed by atoms with van der Waals surface area (Å²) in [6.07, 6.45) is 9.37. The summed E-state index contributed by atoms with van der Waals surface area (Å²) in [5, 5.41) is 26.7. The van der Waals surface area contributed by atoms with Crippen LogP contribution in [0.3, 0.4) is 0 Å². The van der Waals surface area contributed by atoms with Gasteiger partial charge in [-0.25, -0.2) is 0 Å². The molecule has 0 aliphatic rings. The summed E-state index contributed by atoms with van der Waals surface area (Å²) < 4.78 is 0. The molecule has 0 saturated heterocycles. The highest BCUT2D eigenvalue weighted by molar-refractivity contribution is 5.91. The quantitative estimate of drug-likeness (QED) is 0.0266. The summed E-state index contributed by atoms with van der Waals surface area (Å²) in [7, 11) is 0. The Labute approximate surface area is 412 Å². The van der Waals surface area contributed by atoms with E-state index in [2.05, 4.69) is 91.1 Å². The highest BCUT2D eigenvalue weighted by Crippen LogP contribution is 2.27. The van der Waals surface area contributed by atoms with Crippen LogP contribution >= 0.6 is 0 Å². The van der Waals surface area contributed by atoms with Crippen LogP contribution in [-0.4, -0.2) is 11.8 Å². The van der Waals surface area contributed by atoms with Gasteiger partial charge in [-0.05, 0) is 183 Å². The maximum Gasteiger partial charge on any atom is 0.224 e. The van der Waals surface area contributed by atoms with Crippen molar-refractivity contribution in [3.63, 3.8) is 0 Å². The van der Waals surface area contributed by atoms with E-state index < -0.39 is 0 Å². The van der Waals surface area contributed by atoms with E-state index in [9.17, 15) is 9.59 Å². The highest BCUT2D eigenvalue weighted by atomic mass is 16.2. The molecule has 0 aliphatic carbocycles. The van der Waals surface area contributed by atoms with Gasteiger partial charge in [0.2, 0.25) is 11.8 Å². The van der Waals surface area contributed by atoms with E-state index in [-0.39, 0.29) is 11.8 Å². The number of benzene rings is 8. The summed E-state index contributed by atoms with van der Waals surface area (Å²) in [5.41, 5.74) is 13.6. The predicted molar refractivity (Wildman–Crippen MR) is 295 cm³/mol. The van der Waals surface area contributed by atoms with Crippen LogP contribution in [0.2, 0.25) is 0 Å². The van der Waals surface area contributed by atoms with Crippen molar-refractivity contribution in [2.75, 3.05) is 42.5 Å². The molecule has 8 N–H and O–H groups in total. The number of anilines is 14. The maximum absolute atomic E-state index is 12.6. The molecule has 10 heteroatoms. The third kappa shape index (κ3) is 16.1. The molecule has 0 atom stereocenters. The Balaban J connectivity index is 0.625. The molecule has 0 aliphatic heterocycles. The lowest BCUT2D eigenvalue weighted by atomic mass is 10.1. The fourth-order valence-electron chi connectivity index (χ4n) is 7.94. The second-order valence-electron chi connectivity index (χ2n) is 17.4. The van der Waals surface area contributed by atoms with Gasteiger partial charge < -0.3 is 42.5 Å². The summed E-state index contributed by atoms with van der Waals surface area (Å²) in [5.74, 6) is 0.0884. The minimum atomic E-state index is 0.0442. The van der Waals surface area contributed by atoms with Crippen LogP contribution in [0.4, 0.5) is 79.6 Å². The van der Waals surface area contributed by atoms with Gasteiger partial charge in [0.15, 0.2) is 0 Å². The van der Waals surface area contributed by atoms with E-state index in [0.717, 1.165) is 131 Å². The lowest BCUT2D eigenvalue weighted by Gasteiger charge is -2.11. The van der Waals surface area contributed by atoms with E-state index >= 15 is 0 Å². The molecule has 0 aromatic heterocycles. The first kappa shape index (κ1) is 48.0.